The van der Waals surface area contributed by atoms with E-state index in [1.807, 2.05) is 0 Å². The van der Waals surface area contributed by atoms with Gasteiger partial charge >= 0.3 is 17.6 Å². The van der Waals surface area contributed by atoms with E-state index in [2.05, 4.69) is 4.98 Å². The van der Waals surface area contributed by atoms with Gasteiger partial charge in [-0.05, 0) is 24.3 Å². The lowest BCUT2D eigenvalue weighted by molar-refractivity contribution is -0.0392. The number of carbonyl (C=O) groups excluding carboxylic acids is 2. The Morgan fingerprint density at radius 2 is 1.47 bits per heavy atom. The summed E-state index contributed by atoms with van der Waals surface area (Å²) in [6, 6.07) is 16.3. The first-order chi connectivity index (χ1) is 16.4. The number of aliphatic hydroxyl groups is 1. The van der Waals surface area contributed by atoms with E-state index < -0.39 is 54.2 Å². The fourth-order valence-corrected chi connectivity index (χ4v) is 3.71. The monoisotopic (exact) mass is 466 g/mol. The maximum absolute atomic E-state index is 12.9. The third-order valence-corrected chi connectivity index (χ3v) is 5.44. The molecule has 4 rings (SSSR count). The Bertz CT molecular complexity index is 1290. The van der Waals surface area contributed by atoms with E-state index >= 15 is 0 Å². The van der Waals surface area contributed by atoms with Crippen LogP contribution in [0.3, 0.4) is 0 Å². The van der Waals surface area contributed by atoms with Crippen molar-refractivity contribution in [1.82, 2.24) is 9.55 Å². The van der Waals surface area contributed by atoms with Crippen LogP contribution in [0.15, 0.2) is 76.4 Å². The number of esters is 2. The minimum Gasteiger partial charge on any atom is -0.452 e. The Labute approximate surface area is 193 Å². The highest BCUT2D eigenvalue weighted by atomic mass is 16.6. The lowest BCUT2D eigenvalue weighted by Gasteiger charge is -2.24. The average Bonchev–Trinajstić information content (AvgIpc) is 3.19. The highest BCUT2D eigenvalue weighted by Crippen LogP contribution is 2.36. The van der Waals surface area contributed by atoms with Gasteiger partial charge in [0.15, 0.2) is 12.2 Å². The zero-order valence-electron chi connectivity index (χ0n) is 18.1. The van der Waals surface area contributed by atoms with Crippen molar-refractivity contribution >= 4 is 11.9 Å². The molecule has 3 aromatic rings. The molecule has 1 aliphatic rings. The molecule has 0 saturated carbocycles. The first kappa shape index (κ1) is 23.1. The Morgan fingerprint density at radius 3 is 2.00 bits per heavy atom. The minimum absolute atomic E-state index is 0.0235. The molecule has 0 spiro atoms. The van der Waals surface area contributed by atoms with Crippen molar-refractivity contribution < 1.29 is 28.9 Å². The molecule has 0 bridgehead atoms. The number of aliphatic hydroxyl groups excluding tert-OH is 1. The summed E-state index contributed by atoms with van der Waals surface area (Å²) in [5, 5.41) is 9.92. The quantitative estimate of drug-likeness (QED) is 0.513. The second-order valence-corrected chi connectivity index (χ2v) is 7.70. The molecule has 1 aromatic heterocycles. The number of hydrogen-bond acceptors (Lipinski definition) is 8. The molecule has 1 fully saturated rings. The number of nitrogens with one attached hydrogen (secondary N) is 1. The van der Waals surface area contributed by atoms with Gasteiger partial charge in [-0.15, -0.1) is 0 Å². The predicted octanol–water partition coefficient (Wildman–Crippen LogP) is 0.957. The maximum Gasteiger partial charge on any atom is 0.338 e. The van der Waals surface area contributed by atoms with E-state index in [1.54, 1.807) is 60.7 Å². The van der Waals surface area contributed by atoms with Crippen molar-refractivity contribution in [3.63, 3.8) is 0 Å². The smallest absolute Gasteiger partial charge is 0.338 e. The van der Waals surface area contributed by atoms with Crippen molar-refractivity contribution in [2.45, 2.75) is 24.4 Å². The lowest BCUT2D eigenvalue weighted by Crippen LogP contribution is -2.41. The molecule has 34 heavy (non-hydrogen) atoms. The largest absolute Gasteiger partial charge is 0.452 e. The van der Waals surface area contributed by atoms with Gasteiger partial charge in [0.05, 0.1) is 23.3 Å². The van der Waals surface area contributed by atoms with Gasteiger partial charge in [-0.3, -0.25) is 9.78 Å². The number of hydrogen-bond donors (Lipinski definition) is 2. The summed E-state index contributed by atoms with van der Waals surface area (Å²) in [5.74, 6) is -1.46. The molecule has 2 aromatic carbocycles. The van der Waals surface area contributed by atoms with Crippen LogP contribution >= 0.6 is 0 Å². The van der Waals surface area contributed by atoms with Crippen LogP contribution < -0.4 is 11.2 Å². The summed E-state index contributed by atoms with van der Waals surface area (Å²) in [6.07, 6.45) is -3.56. The maximum atomic E-state index is 12.9. The van der Waals surface area contributed by atoms with Gasteiger partial charge in [-0.25, -0.2) is 14.4 Å². The van der Waals surface area contributed by atoms with Crippen LogP contribution in [0.5, 0.6) is 0 Å². The van der Waals surface area contributed by atoms with Crippen LogP contribution in [0.2, 0.25) is 0 Å². The van der Waals surface area contributed by atoms with Gasteiger partial charge in [0.1, 0.15) is 12.2 Å². The highest BCUT2D eigenvalue weighted by molar-refractivity contribution is 5.90. The van der Waals surface area contributed by atoms with Crippen molar-refractivity contribution in [2.75, 3.05) is 6.61 Å². The number of carbonyl (C=O) groups is 2. The summed E-state index contributed by atoms with van der Waals surface area (Å²) in [5.41, 5.74) is -0.937. The van der Waals surface area contributed by atoms with Crippen LogP contribution in [0.25, 0.3) is 0 Å². The topological polar surface area (TPSA) is 137 Å². The molecule has 1 saturated heterocycles. The lowest BCUT2D eigenvalue weighted by atomic mass is 10.0. The number of nitrogens with zero attached hydrogens (tertiary/aromatic N) is 1. The average molecular weight is 466 g/mol. The first-order valence-electron chi connectivity index (χ1n) is 10.5. The van der Waals surface area contributed by atoms with E-state index in [0.29, 0.717) is 0 Å². The van der Waals surface area contributed by atoms with E-state index in [0.717, 1.165) is 4.57 Å². The normalized spacial score (nSPS) is 21.7. The second kappa shape index (κ2) is 9.86. The zero-order valence-corrected chi connectivity index (χ0v) is 18.1. The molecule has 2 heterocycles. The van der Waals surface area contributed by atoms with E-state index in [-0.39, 0.29) is 16.7 Å². The summed E-state index contributed by atoms with van der Waals surface area (Å²) in [6.45, 7) is -0.577. The Morgan fingerprint density at radius 1 is 0.941 bits per heavy atom. The summed E-state index contributed by atoms with van der Waals surface area (Å²) in [4.78, 5) is 52.2. The summed E-state index contributed by atoms with van der Waals surface area (Å²) in [7, 11) is 1.43. The van der Waals surface area contributed by atoms with Gasteiger partial charge in [-0.1, -0.05) is 36.4 Å². The molecular formula is C24H22N2O8. The van der Waals surface area contributed by atoms with Gasteiger partial charge in [0.2, 0.25) is 0 Å². The molecule has 10 heteroatoms. The molecule has 176 valence electrons. The number of benzene rings is 2. The molecular weight excluding hydrogens is 444 g/mol. The molecule has 1 aliphatic heterocycles. The summed E-state index contributed by atoms with van der Waals surface area (Å²) < 4.78 is 18.3. The number of rotatable bonds is 6. The van der Waals surface area contributed by atoms with Crippen molar-refractivity contribution in [3.05, 3.63) is 104 Å². The van der Waals surface area contributed by atoms with Crippen LogP contribution in [0.4, 0.5) is 0 Å². The minimum atomic E-state index is -1.28. The number of aryl methyl sites for hydroxylation is 1. The molecule has 1 unspecified atom stereocenters. The molecule has 10 nitrogen and oxygen atoms in total. The molecule has 2 N–H and O–H groups in total. The third-order valence-electron chi connectivity index (χ3n) is 5.44. The SMILES string of the molecule is Cn1cc([C@@H]2O[C@H](CO)C(OC(=O)c3ccccc3)[C@@H]2OC(=O)c2ccccc2)c(=O)[nH]c1=O. The van der Waals surface area contributed by atoms with E-state index in [4.69, 9.17) is 14.2 Å². The van der Waals surface area contributed by atoms with Crippen LogP contribution in [-0.2, 0) is 21.3 Å². The zero-order chi connectivity index (χ0) is 24.2. The fraction of sp³-hybridized carbons (Fsp3) is 0.250. The number of ether oxygens (including phenoxy) is 3. The van der Waals surface area contributed by atoms with Crippen LogP contribution in [0.1, 0.15) is 32.4 Å². The fourth-order valence-electron chi connectivity index (χ4n) is 3.71. The van der Waals surface area contributed by atoms with Gasteiger partial charge in [0, 0.05) is 13.2 Å². The molecule has 0 aliphatic carbocycles. The van der Waals surface area contributed by atoms with Crippen molar-refractivity contribution in [1.29, 1.82) is 0 Å². The molecule has 0 radical (unpaired) electrons. The summed E-state index contributed by atoms with van der Waals surface area (Å²) >= 11 is 0. The number of H-pyrrole nitrogens is 1. The standard InChI is InChI=1S/C24H22N2O8/c1-26-12-16(21(28)25-24(26)31)18-20(34-23(30)15-10-6-3-7-11-15)19(17(13-27)32-18)33-22(29)14-8-4-2-5-9-14/h2-12,17-20,27H,13H2,1H3,(H,25,28,31)/t17-,18+,19?,20-/m1/s1. The third kappa shape index (κ3) is 4.68. The molecule has 4 atom stereocenters. The molecule has 0 amide bonds. The second-order valence-electron chi connectivity index (χ2n) is 7.70. The Kier molecular flexibility index (Phi) is 6.71. The predicted molar refractivity (Wildman–Crippen MR) is 118 cm³/mol. The van der Waals surface area contributed by atoms with E-state index in [1.165, 1.54) is 13.2 Å². The number of aromatic nitrogens is 2. The Hall–Kier alpha value is -4.02. The van der Waals surface area contributed by atoms with Gasteiger partial charge in [-0.2, -0.15) is 0 Å². The Balaban J connectivity index is 1.72. The van der Waals surface area contributed by atoms with E-state index in [9.17, 15) is 24.3 Å². The number of aromatic amines is 1. The highest BCUT2D eigenvalue weighted by Gasteiger charge is 2.51. The van der Waals surface area contributed by atoms with Crippen LogP contribution in [0, 0.1) is 0 Å². The first-order valence-corrected chi connectivity index (χ1v) is 10.5. The van der Waals surface area contributed by atoms with Gasteiger partial charge < -0.3 is 23.9 Å². The van der Waals surface area contributed by atoms with Crippen molar-refractivity contribution in [2.24, 2.45) is 7.05 Å². The van der Waals surface area contributed by atoms with Crippen molar-refractivity contribution in [3.8, 4) is 0 Å². The van der Waals surface area contributed by atoms with Crippen LogP contribution in [-0.4, -0.2) is 51.5 Å². The van der Waals surface area contributed by atoms with Gasteiger partial charge in [0.25, 0.3) is 5.56 Å².